The summed E-state index contributed by atoms with van der Waals surface area (Å²) >= 11 is 0. The number of aromatic nitrogens is 1. The van der Waals surface area contributed by atoms with Gasteiger partial charge in [0.25, 0.3) is 0 Å². The van der Waals surface area contributed by atoms with Crippen molar-refractivity contribution in [2.75, 3.05) is 7.11 Å². The van der Waals surface area contributed by atoms with E-state index in [0.29, 0.717) is 22.7 Å². The second-order valence-corrected chi connectivity index (χ2v) is 6.66. The minimum Gasteiger partial charge on any atom is -0.481 e. The number of nitrogens with zero attached hydrogens (tertiary/aromatic N) is 2. The second-order valence-electron chi connectivity index (χ2n) is 5.83. The third-order valence-corrected chi connectivity index (χ3v) is 4.32. The number of hydrogen-bond acceptors (Lipinski definition) is 6. The SMILES string of the molecule is COc1ncc(CN[SH](=O)=O)cc1C(C)=NOC1CCC(F)(F)CC1. The molecule has 7 nitrogen and oxygen atoms in total. The number of rotatable bonds is 7. The fraction of sp³-hybridized carbons (Fsp3) is 0.600. The predicted octanol–water partition coefficient (Wildman–Crippen LogP) is 2.02. The number of methoxy groups -OCH3 is 1. The van der Waals surface area contributed by atoms with E-state index in [1.165, 1.54) is 13.3 Å². The molecule has 1 aromatic heterocycles. The van der Waals surface area contributed by atoms with Gasteiger partial charge in [0, 0.05) is 25.6 Å². The minimum absolute atomic E-state index is 0.0918. The molecule has 10 heteroatoms. The van der Waals surface area contributed by atoms with E-state index in [-0.39, 0.29) is 38.3 Å². The molecule has 0 aliphatic heterocycles. The lowest BCUT2D eigenvalue weighted by Crippen LogP contribution is -2.28. The van der Waals surface area contributed by atoms with Crippen LogP contribution >= 0.6 is 0 Å². The third kappa shape index (κ3) is 5.89. The van der Waals surface area contributed by atoms with E-state index in [9.17, 15) is 17.2 Å². The van der Waals surface area contributed by atoms with Crippen molar-refractivity contribution < 1.29 is 26.8 Å². The molecule has 1 heterocycles. The molecule has 1 saturated carbocycles. The van der Waals surface area contributed by atoms with Gasteiger partial charge in [0.1, 0.15) is 6.10 Å². The summed E-state index contributed by atoms with van der Waals surface area (Å²) in [5.74, 6) is -2.30. The van der Waals surface area contributed by atoms with Gasteiger partial charge in [0.05, 0.1) is 18.4 Å². The highest BCUT2D eigenvalue weighted by molar-refractivity contribution is 7.70. The highest BCUT2D eigenvalue weighted by Gasteiger charge is 2.35. The van der Waals surface area contributed by atoms with Crippen LogP contribution in [0.25, 0.3) is 0 Å². The number of halogens is 2. The van der Waals surface area contributed by atoms with Gasteiger partial charge in [-0.1, -0.05) is 5.16 Å². The highest BCUT2D eigenvalue weighted by atomic mass is 32.2. The average Bonchev–Trinajstić information content (AvgIpc) is 2.58. The first-order valence-electron chi connectivity index (χ1n) is 7.80. The normalized spacial score (nSPS) is 18.4. The first kappa shape index (κ1) is 19.5. The van der Waals surface area contributed by atoms with Gasteiger partial charge in [-0.2, -0.15) is 0 Å². The topological polar surface area (TPSA) is 89.9 Å². The average molecular weight is 377 g/mol. The van der Waals surface area contributed by atoms with Gasteiger partial charge in [-0.05, 0) is 31.4 Å². The van der Waals surface area contributed by atoms with E-state index in [4.69, 9.17) is 9.57 Å². The van der Waals surface area contributed by atoms with Crippen LogP contribution in [0.2, 0.25) is 0 Å². The van der Waals surface area contributed by atoms with Crippen LogP contribution in [-0.4, -0.2) is 38.2 Å². The number of hydrogen-bond donors (Lipinski definition) is 2. The van der Waals surface area contributed by atoms with Crippen LogP contribution in [0.1, 0.15) is 43.7 Å². The van der Waals surface area contributed by atoms with E-state index in [0.717, 1.165) is 0 Å². The largest absolute Gasteiger partial charge is 0.481 e. The lowest BCUT2D eigenvalue weighted by atomic mass is 9.94. The Balaban J connectivity index is 2.08. The van der Waals surface area contributed by atoms with Crippen LogP contribution in [0.5, 0.6) is 5.88 Å². The number of nitrogens with one attached hydrogen (secondary N) is 1. The summed E-state index contributed by atoms with van der Waals surface area (Å²) in [4.78, 5) is 9.50. The molecule has 1 N–H and O–H groups in total. The molecule has 0 amide bonds. The number of ether oxygens (including phenoxy) is 1. The molecule has 0 radical (unpaired) electrons. The molecular formula is C15H21F2N3O4S. The summed E-state index contributed by atoms with van der Waals surface area (Å²) in [5.41, 5.74) is 1.64. The van der Waals surface area contributed by atoms with Crippen molar-refractivity contribution >= 4 is 16.6 Å². The molecule has 0 aromatic carbocycles. The minimum atomic E-state index is -2.71. The van der Waals surface area contributed by atoms with E-state index >= 15 is 0 Å². The smallest absolute Gasteiger partial charge is 0.248 e. The van der Waals surface area contributed by atoms with Crippen LogP contribution in [0.3, 0.4) is 0 Å². The molecule has 1 fully saturated rings. The molecule has 0 spiro atoms. The molecular weight excluding hydrogens is 356 g/mol. The molecule has 0 bridgehead atoms. The number of pyridine rings is 1. The maximum Gasteiger partial charge on any atom is 0.248 e. The fourth-order valence-corrected chi connectivity index (χ4v) is 2.80. The zero-order chi connectivity index (χ0) is 18.4. The highest BCUT2D eigenvalue weighted by Crippen LogP contribution is 2.34. The van der Waals surface area contributed by atoms with Crippen LogP contribution < -0.4 is 9.46 Å². The van der Waals surface area contributed by atoms with Crippen LogP contribution in [0.4, 0.5) is 8.78 Å². The Hall–Kier alpha value is -1.81. The Kier molecular flexibility index (Phi) is 6.65. The van der Waals surface area contributed by atoms with Gasteiger partial charge >= 0.3 is 0 Å². The van der Waals surface area contributed by atoms with Gasteiger partial charge in [0.2, 0.25) is 22.7 Å². The summed E-state index contributed by atoms with van der Waals surface area (Å²) in [6, 6.07) is 1.69. The van der Waals surface area contributed by atoms with Crippen molar-refractivity contribution in [3.8, 4) is 5.88 Å². The molecule has 0 saturated heterocycles. The summed E-state index contributed by atoms with van der Waals surface area (Å²) in [6.45, 7) is 1.77. The number of oxime groups is 1. The van der Waals surface area contributed by atoms with E-state index in [1.807, 2.05) is 0 Å². The standard InChI is InChI=1S/C15H21F2N3O4S/c1-10(20-24-12-3-5-15(16,17)6-4-12)13-7-11(9-19-25(21)22)8-18-14(13)23-2/h7-8,12,25H,3-6,9H2,1-2H3,(H,19,21,22). The Morgan fingerprint density at radius 2 is 2.12 bits per heavy atom. The Morgan fingerprint density at radius 1 is 1.44 bits per heavy atom. The van der Waals surface area contributed by atoms with Crippen LogP contribution in [0, 0.1) is 0 Å². The third-order valence-electron chi connectivity index (χ3n) is 3.91. The second kappa shape index (κ2) is 8.52. The Morgan fingerprint density at radius 3 is 2.72 bits per heavy atom. The molecule has 1 aromatic rings. The van der Waals surface area contributed by atoms with Crippen molar-refractivity contribution in [2.24, 2.45) is 5.16 Å². The Bertz CT molecular complexity index is 692. The lowest BCUT2D eigenvalue weighted by molar-refractivity contribution is -0.0797. The lowest BCUT2D eigenvalue weighted by Gasteiger charge is -2.26. The molecule has 0 atom stereocenters. The molecule has 1 aliphatic rings. The summed E-state index contributed by atoms with van der Waals surface area (Å²) in [6.07, 6.45) is 1.24. The zero-order valence-corrected chi connectivity index (χ0v) is 14.9. The molecule has 140 valence electrons. The van der Waals surface area contributed by atoms with Crippen molar-refractivity contribution in [1.29, 1.82) is 0 Å². The monoisotopic (exact) mass is 377 g/mol. The molecule has 25 heavy (non-hydrogen) atoms. The number of alkyl halides is 2. The number of thiol groups is 1. The molecule has 1 aliphatic carbocycles. The van der Waals surface area contributed by atoms with Gasteiger partial charge in [-0.15, -0.1) is 0 Å². The van der Waals surface area contributed by atoms with Gasteiger partial charge in [0.15, 0.2) is 0 Å². The summed E-state index contributed by atoms with van der Waals surface area (Å²) in [5, 5.41) is 4.02. The summed E-state index contributed by atoms with van der Waals surface area (Å²) < 4.78 is 55.0. The van der Waals surface area contributed by atoms with Crippen molar-refractivity contribution in [3.63, 3.8) is 0 Å². The van der Waals surface area contributed by atoms with E-state index in [2.05, 4.69) is 14.9 Å². The van der Waals surface area contributed by atoms with Gasteiger partial charge in [-0.25, -0.2) is 26.9 Å². The predicted molar refractivity (Wildman–Crippen MR) is 88.4 cm³/mol. The van der Waals surface area contributed by atoms with Gasteiger partial charge < -0.3 is 9.57 Å². The fourth-order valence-electron chi connectivity index (χ4n) is 2.49. The molecule has 2 rings (SSSR count). The maximum absolute atomic E-state index is 13.1. The van der Waals surface area contributed by atoms with Gasteiger partial charge in [-0.3, -0.25) is 0 Å². The van der Waals surface area contributed by atoms with Crippen molar-refractivity contribution in [1.82, 2.24) is 9.71 Å². The first-order chi connectivity index (χ1) is 11.8. The van der Waals surface area contributed by atoms with Crippen molar-refractivity contribution in [2.45, 2.75) is 51.2 Å². The Labute approximate surface area is 146 Å². The first-order valence-corrected chi connectivity index (χ1v) is 8.98. The molecule has 0 unspecified atom stereocenters. The van der Waals surface area contributed by atoms with E-state index < -0.39 is 16.8 Å². The van der Waals surface area contributed by atoms with Crippen molar-refractivity contribution in [3.05, 3.63) is 23.4 Å². The van der Waals surface area contributed by atoms with E-state index in [1.54, 1.807) is 13.0 Å². The quantitative estimate of drug-likeness (QED) is 0.431. The summed E-state index contributed by atoms with van der Waals surface area (Å²) in [7, 11) is -1.26. The maximum atomic E-state index is 13.1. The van der Waals surface area contributed by atoms with Crippen LogP contribution in [0.15, 0.2) is 17.4 Å². The van der Waals surface area contributed by atoms with Crippen LogP contribution in [-0.2, 0) is 22.3 Å². The zero-order valence-electron chi connectivity index (χ0n) is 14.0.